The van der Waals surface area contributed by atoms with Crippen LogP contribution in [0.5, 0.6) is 0 Å². The van der Waals surface area contributed by atoms with Gasteiger partial charge in [-0.15, -0.1) is 0 Å². The van der Waals surface area contributed by atoms with Crippen molar-refractivity contribution >= 4 is 17.2 Å². The lowest BCUT2D eigenvalue weighted by atomic mass is 9.53. The van der Waals surface area contributed by atoms with Gasteiger partial charge in [-0.1, -0.05) is 12.8 Å². The van der Waals surface area contributed by atoms with E-state index in [1.807, 2.05) is 0 Å². The minimum absolute atomic E-state index is 0.233. The van der Waals surface area contributed by atoms with Crippen molar-refractivity contribution in [3.05, 3.63) is 0 Å². The first-order valence-corrected chi connectivity index (χ1v) is 8.45. The normalized spacial score (nSPS) is 43.4. The summed E-state index contributed by atoms with van der Waals surface area (Å²) in [6.45, 7) is 0.760. The molecule has 1 unspecified atom stereocenters. The smallest absolute Gasteiger partial charge is 0.222 e. The third kappa shape index (κ3) is 2.06. The summed E-state index contributed by atoms with van der Waals surface area (Å²) < 4.78 is 14.4. The Kier molecular flexibility index (Phi) is 3.56. The van der Waals surface area contributed by atoms with Crippen molar-refractivity contribution < 1.29 is 4.55 Å². The highest BCUT2D eigenvalue weighted by atomic mass is 32.2. The summed E-state index contributed by atoms with van der Waals surface area (Å²) in [4.78, 5) is 4.38. The van der Waals surface area contributed by atoms with Crippen LogP contribution in [0.25, 0.3) is 0 Å². The molecule has 5 heteroatoms. The molecule has 1 heterocycles. The quantitative estimate of drug-likeness (QED) is 0.763. The van der Waals surface area contributed by atoms with Gasteiger partial charge in [0.2, 0.25) is 5.88 Å². The highest BCUT2D eigenvalue weighted by Gasteiger charge is 2.49. The fraction of sp³-hybridized carbons (Fsp3) is 0.923. The Bertz CT molecular complexity index is 325. The van der Waals surface area contributed by atoms with E-state index in [2.05, 4.69) is 9.71 Å². The molecule has 2 fully saturated rings. The third-order valence-corrected chi connectivity index (χ3v) is 6.14. The zero-order valence-corrected chi connectivity index (χ0v) is 11.7. The molecule has 0 amide bonds. The first-order valence-electron chi connectivity index (χ1n) is 7.13. The molecule has 0 aromatic heterocycles. The number of nitrogens with one attached hydrogen (secondary N) is 1. The summed E-state index contributed by atoms with van der Waals surface area (Å²) in [6.07, 6.45) is 8.94. The molecule has 2 aliphatic carbocycles. The molecule has 0 aromatic rings. The molecule has 0 radical (unpaired) electrons. The van der Waals surface area contributed by atoms with E-state index < -0.39 is 11.4 Å². The van der Waals surface area contributed by atoms with Gasteiger partial charge >= 0.3 is 0 Å². The average Bonchev–Trinajstić information content (AvgIpc) is 2.74. The van der Waals surface area contributed by atoms with Crippen molar-refractivity contribution in [2.75, 3.05) is 12.4 Å². The Morgan fingerprint density at radius 1 is 1.28 bits per heavy atom. The van der Waals surface area contributed by atoms with Crippen molar-refractivity contribution in [2.24, 2.45) is 28.0 Å². The van der Waals surface area contributed by atoms with Crippen LogP contribution in [0.3, 0.4) is 0 Å². The summed E-state index contributed by atoms with van der Waals surface area (Å²) >= 11 is -0.978. The minimum atomic E-state index is -0.978. The molecule has 0 aromatic carbocycles. The van der Waals surface area contributed by atoms with Crippen LogP contribution < -0.4 is 10.5 Å². The Balaban J connectivity index is 1.80. The van der Waals surface area contributed by atoms with Gasteiger partial charge in [-0.2, -0.15) is 4.72 Å². The molecule has 0 saturated heterocycles. The SMILES string of the molecule is NCC1(CC2=NC[S+]([O-])N2)C2CCCC1CCC2. The first-order chi connectivity index (χ1) is 8.74. The second-order valence-corrected chi connectivity index (χ2v) is 7.20. The molecule has 102 valence electrons. The van der Waals surface area contributed by atoms with Gasteiger partial charge in [-0.3, -0.25) is 0 Å². The van der Waals surface area contributed by atoms with E-state index >= 15 is 0 Å². The van der Waals surface area contributed by atoms with Crippen LogP contribution in [-0.2, 0) is 11.4 Å². The molecular formula is C13H23N3OS. The van der Waals surface area contributed by atoms with E-state index in [0.29, 0.717) is 5.88 Å². The van der Waals surface area contributed by atoms with Gasteiger partial charge in [0, 0.05) is 6.42 Å². The monoisotopic (exact) mass is 269 g/mol. The Morgan fingerprint density at radius 2 is 1.89 bits per heavy atom. The second-order valence-electron chi connectivity index (χ2n) is 6.05. The molecular weight excluding hydrogens is 246 g/mol. The Morgan fingerprint density at radius 3 is 2.33 bits per heavy atom. The molecule has 1 aliphatic heterocycles. The standard InChI is InChI=1S/C13H23N3OS/c14-8-13(7-12-15-9-18(17)16-12)10-3-1-4-11(13)6-2-5-10/h10-11H,1-9,14H2,(H,15,16). The van der Waals surface area contributed by atoms with E-state index in [4.69, 9.17) is 5.73 Å². The van der Waals surface area contributed by atoms with Gasteiger partial charge < -0.3 is 10.3 Å². The molecule has 0 spiro atoms. The number of nitrogens with zero attached hydrogens (tertiary/aromatic N) is 1. The van der Waals surface area contributed by atoms with Crippen molar-refractivity contribution in [2.45, 2.75) is 44.9 Å². The number of nitrogens with two attached hydrogens (primary N) is 1. The van der Waals surface area contributed by atoms with Crippen molar-refractivity contribution in [1.82, 2.24) is 4.72 Å². The van der Waals surface area contributed by atoms with Crippen LogP contribution in [-0.4, -0.2) is 22.8 Å². The van der Waals surface area contributed by atoms with Crippen LogP contribution in [0.1, 0.15) is 44.9 Å². The van der Waals surface area contributed by atoms with E-state index in [1.165, 1.54) is 38.5 Å². The highest BCUT2D eigenvalue weighted by Crippen LogP contribution is 2.54. The molecule has 4 nitrogen and oxygen atoms in total. The number of fused-ring (bicyclic) bond motifs is 2. The zero-order valence-electron chi connectivity index (χ0n) is 10.9. The van der Waals surface area contributed by atoms with Gasteiger partial charge in [-0.25, -0.2) is 4.99 Å². The third-order valence-electron chi connectivity index (χ3n) is 5.32. The minimum Gasteiger partial charge on any atom is -0.591 e. The molecule has 3 rings (SSSR count). The summed E-state index contributed by atoms with van der Waals surface area (Å²) in [6, 6.07) is 0. The lowest BCUT2D eigenvalue weighted by Gasteiger charge is -2.53. The fourth-order valence-corrected chi connectivity index (χ4v) is 5.16. The number of aliphatic imine (C=N–C) groups is 1. The average molecular weight is 269 g/mol. The zero-order chi connectivity index (χ0) is 12.6. The van der Waals surface area contributed by atoms with Gasteiger partial charge in [0.05, 0.1) is 11.4 Å². The largest absolute Gasteiger partial charge is 0.591 e. The molecule has 3 aliphatic rings. The predicted octanol–water partition coefficient (Wildman–Crippen LogP) is 1.54. The topological polar surface area (TPSA) is 73.5 Å². The van der Waals surface area contributed by atoms with E-state index in [1.54, 1.807) is 0 Å². The molecule has 2 bridgehead atoms. The van der Waals surface area contributed by atoms with Crippen molar-refractivity contribution in [3.8, 4) is 0 Å². The summed E-state index contributed by atoms with van der Waals surface area (Å²) in [5.74, 6) is 2.88. The van der Waals surface area contributed by atoms with Crippen LogP contribution in [0.15, 0.2) is 4.99 Å². The van der Waals surface area contributed by atoms with Crippen LogP contribution in [0.2, 0.25) is 0 Å². The Hall–Kier alpha value is -0.260. The number of hydrogen-bond donors (Lipinski definition) is 2. The molecule has 2 saturated carbocycles. The Labute approximate surface area is 112 Å². The van der Waals surface area contributed by atoms with Gasteiger partial charge in [-0.05, 0) is 49.5 Å². The second kappa shape index (κ2) is 5.02. The summed E-state index contributed by atoms with van der Waals surface area (Å²) in [5, 5.41) is 0. The van der Waals surface area contributed by atoms with Gasteiger partial charge in [0.25, 0.3) is 0 Å². The molecule has 3 N–H and O–H groups in total. The van der Waals surface area contributed by atoms with Crippen LogP contribution in [0.4, 0.5) is 0 Å². The van der Waals surface area contributed by atoms with Gasteiger partial charge in [0.15, 0.2) is 0 Å². The molecule has 1 atom stereocenters. The maximum atomic E-state index is 11.4. The first kappa shape index (κ1) is 12.8. The van der Waals surface area contributed by atoms with Crippen molar-refractivity contribution in [3.63, 3.8) is 0 Å². The fourth-order valence-electron chi connectivity index (χ4n) is 4.42. The van der Waals surface area contributed by atoms with Crippen molar-refractivity contribution in [1.29, 1.82) is 0 Å². The molecule has 18 heavy (non-hydrogen) atoms. The predicted molar refractivity (Wildman–Crippen MR) is 74.4 cm³/mol. The number of rotatable bonds is 3. The van der Waals surface area contributed by atoms with Crippen LogP contribution >= 0.6 is 0 Å². The van der Waals surface area contributed by atoms with E-state index in [0.717, 1.165) is 30.6 Å². The number of hydrogen-bond acceptors (Lipinski definition) is 4. The maximum absolute atomic E-state index is 11.4. The van der Waals surface area contributed by atoms with E-state index in [-0.39, 0.29) is 5.41 Å². The summed E-state index contributed by atoms with van der Waals surface area (Å²) in [5.41, 5.74) is 6.42. The van der Waals surface area contributed by atoms with E-state index in [9.17, 15) is 4.55 Å². The van der Waals surface area contributed by atoms with Crippen LogP contribution in [0, 0.1) is 17.3 Å². The summed E-state index contributed by atoms with van der Waals surface area (Å²) in [7, 11) is 0. The highest BCUT2D eigenvalue weighted by molar-refractivity contribution is 7.90. The lowest BCUT2D eigenvalue weighted by Crippen LogP contribution is -2.51. The van der Waals surface area contributed by atoms with Gasteiger partial charge in [0.1, 0.15) is 5.84 Å². The lowest BCUT2D eigenvalue weighted by molar-refractivity contribution is -0.00602. The number of amidine groups is 1. The maximum Gasteiger partial charge on any atom is 0.222 e.